The molecule has 1 atom stereocenters. The average Bonchev–Trinajstić information content (AvgIpc) is 2.89. The van der Waals surface area contributed by atoms with E-state index >= 15 is 0 Å². The van der Waals surface area contributed by atoms with Crippen molar-refractivity contribution < 1.29 is 9.15 Å². The standard InChI is InChI=1S/C15H19NO2/c1-13(12-15-8-5-10-17-15)16-9-11-18-14-6-3-2-4-7-14/h2-8,10,13,16H,9,11-12H2,1H3. The maximum atomic E-state index is 5.61. The predicted octanol–water partition coefficient (Wildman–Crippen LogP) is 2.88. The second kappa shape index (κ2) is 6.87. The molecule has 0 aliphatic carbocycles. The van der Waals surface area contributed by atoms with Crippen molar-refractivity contribution in [1.29, 1.82) is 0 Å². The SMILES string of the molecule is CC(Cc1ccco1)NCCOc1ccccc1. The number of benzene rings is 1. The Balaban J connectivity index is 1.60. The fraction of sp³-hybridized carbons (Fsp3) is 0.333. The molecule has 1 aromatic carbocycles. The molecule has 1 aromatic heterocycles. The van der Waals surface area contributed by atoms with Gasteiger partial charge in [0, 0.05) is 19.0 Å². The first-order valence-electron chi connectivity index (χ1n) is 6.28. The normalized spacial score (nSPS) is 12.3. The monoisotopic (exact) mass is 245 g/mol. The van der Waals surface area contributed by atoms with Crippen molar-refractivity contribution in [1.82, 2.24) is 5.32 Å². The van der Waals surface area contributed by atoms with E-state index in [2.05, 4.69) is 12.2 Å². The summed E-state index contributed by atoms with van der Waals surface area (Å²) < 4.78 is 10.9. The summed E-state index contributed by atoms with van der Waals surface area (Å²) in [6, 6.07) is 14.2. The largest absolute Gasteiger partial charge is 0.492 e. The van der Waals surface area contributed by atoms with Gasteiger partial charge in [-0.3, -0.25) is 0 Å². The first-order chi connectivity index (χ1) is 8.84. The van der Waals surface area contributed by atoms with E-state index in [1.807, 2.05) is 42.5 Å². The zero-order valence-corrected chi connectivity index (χ0v) is 10.6. The van der Waals surface area contributed by atoms with Crippen LogP contribution in [0.2, 0.25) is 0 Å². The highest BCUT2D eigenvalue weighted by Crippen LogP contribution is 2.07. The molecule has 0 bridgehead atoms. The van der Waals surface area contributed by atoms with Crippen LogP contribution in [0.15, 0.2) is 53.1 Å². The van der Waals surface area contributed by atoms with Crippen LogP contribution in [0, 0.1) is 0 Å². The van der Waals surface area contributed by atoms with Crippen molar-refractivity contribution in [2.24, 2.45) is 0 Å². The second-order valence-electron chi connectivity index (χ2n) is 4.30. The summed E-state index contributed by atoms with van der Waals surface area (Å²) in [4.78, 5) is 0. The van der Waals surface area contributed by atoms with Crippen molar-refractivity contribution in [2.45, 2.75) is 19.4 Å². The number of para-hydroxylation sites is 1. The summed E-state index contributed by atoms with van der Waals surface area (Å²) in [5, 5.41) is 3.41. The Labute approximate surface area is 108 Å². The summed E-state index contributed by atoms with van der Waals surface area (Å²) in [5.41, 5.74) is 0. The molecule has 2 aromatic rings. The first kappa shape index (κ1) is 12.7. The Kier molecular flexibility index (Phi) is 4.85. The molecule has 0 fully saturated rings. The maximum Gasteiger partial charge on any atom is 0.119 e. The van der Waals surface area contributed by atoms with Crippen LogP contribution in [0.3, 0.4) is 0 Å². The van der Waals surface area contributed by atoms with E-state index in [0.29, 0.717) is 12.6 Å². The number of furan rings is 1. The summed E-state index contributed by atoms with van der Waals surface area (Å²) in [5.74, 6) is 1.93. The summed E-state index contributed by atoms with van der Waals surface area (Å²) in [6.45, 7) is 3.65. The summed E-state index contributed by atoms with van der Waals surface area (Å²) >= 11 is 0. The Morgan fingerprint density at radius 2 is 2.00 bits per heavy atom. The Morgan fingerprint density at radius 1 is 1.17 bits per heavy atom. The minimum Gasteiger partial charge on any atom is -0.492 e. The minimum atomic E-state index is 0.385. The lowest BCUT2D eigenvalue weighted by Gasteiger charge is -2.13. The van der Waals surface area contributed by atoms with Crippen molar-refractivity contribution in [3.05, 3.63) is 54.5 Å². The van der Waals surface area contributed by atoms with Crippen molar-refractivity contribution in [3.63, 3.8) is 0 Å². The van der Waals surface area contributed by atoms with Crippen LogP contribution in [0.5, 0.6) is 5.75 Å². The molecule has 0 amide bonds. The lowest BCUT2D eigenvalue weighted by Crippen LogP contribution is -2.31. The molecule has 1 unspecified atom stereocenters. The molecule has 3 nitrogen and oxygen atoms in total. The highest BCUT2D eigenvalue weighted by Gasteiger charge is 2.04. The zero-order valence-electron chi connectivity index (χ0n) is 10.6. The van der Waals surface area contributed by atoms with Crippen molar-refractivity contribution >= 4 is 0 Å². The Bertz CT molecular complexity index is 425. The molecule has 1 heterocycles. The molecule has 3 heteroatoms. The predicted molar refractivity (Wildman–Crippen MR) is 71.8 cm³/mol. The van der Waals surface area contributed by atoms with Gasteiger partial charge in [-0.1, -0.05) is 18.2 Å². The summed E-state index contributed by atoms with van der Waals surface area (Å²) in [7, 11) is 0. The van der Waals surface area contributed by atoms with Gasteiger partial charge in [0.2, 0.25) is 0 Å². The van der Waals surface area contributed by atoms with Crippen LogP contribution in [-0.2, 0) is 6.42 Å². The van der Waals surface area contributed by atoms with Crippen LogP contribution < -0.4 is 10.1 Å². The van der Waals surface area contributed by atoms with Gasteiger partial charge in [0.25, 0.3) is 0 Å². The third-order valence-electron chi connectivity index (χ3n) is 2.69. The van der Waals surface area contributed by atoms with Gasteiger partial charge in [0.1, 0.15) is 18.1 Å². The quantitative estimate of drug-likeness (QED) is 0.762. The van der Waals surface area contributed by atoms with Gasteiger partial charge in [-0.2, -0.15) is 0 Å². The molecule has 96 valence electrons. The minimum absolute atomic E-state index is 0.385. The van der Waals surface area contributed by atoms with E-state index in [1.165, 1.54) is 0 Å². The van der Waals surface area contributed by atoms with E-state index in [-0.39, 0.29) is 0 Å². The lowest BCUT2D eigenvalue weighted by molar-refractivity contribution is 0.305. The van der Waals surface area contributed by atoms with Crippen LogP contribution in [0.4, 0.5) is 0 Å². The molecule has 1 N–H and O–H groups in total. The fourth-order valence-corrected chi connectivity index (χ4v) is 1.79. The third-order valence-corrected chi connectivity index (χ3v) is 2.69. The number of ether oxygens (including phenoxy) is 1. The van der Waals surface area contributed by atoms with Crippen LogP contribution in [-0.4, -0.2) is 19.2 Å². The molecule has 0 aliphatic rings. The molecule has 0 saturated heterocycles. The van der Waals surface area contributed by atoms with Crippen LogP contribution in [0.1, 0.15) is 12.7 Å². The van der Waals surface area contributed by atoms with Crippen LogP contribution in [0.25, 0.3) is 0 Å². The lowest BCUT2D eigenvalue weighted by atomic mass is 10.2. The van der Waals surface area contributed by atoms with Gasteiger partial charge in [-0.05, 0) is 31.2 Å². The van der Waals surface area contributed by atoms with Crippen LogP contribution >= 0.6 is 0 Å². The average molecular weight is 245 g/mol. The Hall–Kier alpha value is -1.74. The number of nitrogens with one attached hydrogen (secondary N) is 1. The number of rotatable bonds is 7. The van der Waals surface area contributed by atoms with Gasteiger partial charge < -0.3 is 14.5 Å². The molecule has 2 rings (SSSR count). The smallest absolute Gasteiger partial charge is 0.119 e. The molecule has 0 aliphatic heterocycles. The third kappa shape index (κ3) is 4.26. The molecular weight excluding hydrogens is 226 g/mol. The first-order valence-corrected chi connectivity index (χ1v) is 6.28. The van der Waals surface area contributed by atoms with Gasteiger partial charge in [-0.15, -0.1) is 0 Å². The van der Waals surface area contributed by atoms with Gasteiger partial charge in [0.15, 0.2) is 0 Å². The van der Waals surface area contributed by atoms with Gasteiger partial charge >= 0.3 is 0 Å². The van der Waals surface area contributed by atoms with Crippen molar-refractivity contribution in [2.75, 3.05) is 13.2 Å². The highest BCUT2D eigenvalue weighted by molar-refractivity contribution is 5.20. The van der Waals surface area contributed by atoms with E-state index < -0.39 is 0 Å². The highest BCUT2D eigenvalue weighted by atomic mass is 16.5. The summed E-state index contributed by atoms with van der Waals surface area (Å²) in [6.07, 6.45) is 2.61. The van der Waals surface area contributed by atoms with Gasteiger partial charge in [-0.25, -0.2) is 0 Å². The van der Waals surface area contributed by atoms with Crippen molar-refractivity contribution in [3.8, 4) is 5.75 Å². The van der Waals surface area contributed by atoms with Gasteiger partial charge in [0.05, 0.1) is 6.26 Å². The Morgan fingerprint density at radius 3 is 2.72 bits per heavy atom. The molecule has 0 radical (unpaired) electrons. The topological polar surface area (TPSA) is 34.4 Å². The number of hydrogen-bond acceptors (Lipinski definition) is 3. The fourth-order valence-electron chi connectivity index (χ4n) is 1.79. The molecule has 0 saturated carbocycles. The van der Waals surface area contributed by atoms with E-state index in [0.717, 1.165) is 24.5 Å². The van der Waals surface area contributed by atoms with E-state index in [4.69, 9.17) is 9.15 Å². The zero-order chi connectivity index (χ0) is 12.6. The second-order valence-corrected chi connectivity index (χ2v) is 4.30. The molecule has 18 heavy (non-hydrogen) atoms. The van der Waals surface area contributed by atoms with E-state index in [1.54, 1.807) is 6.26 Å². The number of hydrogen-bond donors (Lipinski definition) is 1. The maximum absolute atomic E-state index is 5.61. The molecule has 0 spiro atoms. The molecular formula is C15H19NO2. The van der Waals surface area contributed by atoms with E-state index in [9.17, 15) is 0 Å².